The van der Waals surface area contributed by atoms with Crippen molar-refractivity contribution in [2.24, 2.45) is 0 Å². The summed E-state index contributed by atoms with van der Waals surface area (Å²) in [7, 11) is 0. The van der Waals surface area contributed by atoms with E-state index < -0.39 is 0 Å². The van der Waals surface area contributed by atoms with Gasteiger partial charge in [0.15, 0.2) is 0 Å². The van der Waals surface area contributed by atoms with Crippen molar-refractivity contribution in [3.8, 4) is 11.1 Å². The molecule has 2 aromatic heterocycles. The zero-order valence-electron chi connectivity index (χ0n) is 14.3. The Kier molecular flexibility index (Phi) is 5.31. The average molecular weight is 391 g/mol. The highest BCUT2D eigenvalue weighted by Crippen LogP contribution is 2.36. The van der Waals surface area contributed by atoms with Crippen molar-refractivity contribution in [2.75, 3.05) is 44.7 Å². The molecule has 2 N–H and O–H groups in total. The lowest BCUT2D eigenvalue weighted by Gasteiger charge is -2.26. The van der Waals surface area contributed by atoms with E-state index in [1.165, 1.54) is 0 Å². The second kappa shape index (κ2) is 7.84. The molecule has 1 saturated heterocycles. The molecule has 0 spiro atoms. The molecular weight excluding hydrogens is 371 g/mol. The number of ether oxygens (including phenoxy) is 1. The number of rotatable bonds is 5. The molecule has 0 unspecified atom stereocenters. The number of anilines is 1. The van der Waals surface area contributed by atoms with E-state index in [0.717, 1.165) is 61.7 Å². The Morgan fingerprint density at radius 3 is 2.81 bits per heavy atom. The van der Waals surface area contributed by atoms with Crippen LogP contribution in [-0.4, -0.2) is 54.3 Å². The minimum Gasteiger partial charge on any atom is -0.379 e. The van der Waals surface area contributed by atoms with Crippen LogP contribution in [0.3, 0.4) is 0 Å². The van der Waals surface area contributed by atoms with E-state index >= 15 is 0 Å². The lowest BCUT2D eigenvalue weighted by atomic mass is 10.0. The zero-order valence-corrected chi connectivity index (χ0v) is 15.8. The van der Waals surface area contributed by atoms with Gasteiger partial charge in [0.1, 0.15) is 5.82 Å². The Hall–Kier alpha value is -1.79. The average Bonchev–Trinajstić information content (AvgIpc) is 3.20. The summed E-state index contributed by atoms with van der Waals surface area (Å²) in [4.78, 5) is 10.2. The van der Waals surface area contributed by atoms with Crippen molar-refractivity contribution in [1.82, 2.24) is 14.9 Å². The van der Waals surface area contributed by atoms with Crippen molar-refractivity contribution < 1.29 is 4.74 Å². The fourth-order valence-corrected chi connectivity index (χ4v) is 3.58. The third-order valence-corrected chi connectivity index (χ3v) is 5.41. The molecule has 0 bridgehead atoms. The Bertz CT molecular complexity index is 892. The first-order valence-electron chi connectivity index (χ1n) is 8.68. The van der Waals surface area contributed by atoms with Crippen molar-refractivity contribution in [1.29, 1.82) is 0 Å². The molecule has 7 heteroatoms. The van der Waals surface area contributed by atoms with E-state index in [0.29, 0.717) is 15.6 Å². The summed E-state index contributed by atoms with van der Waals surface area (Å²) >= 11 is 12.6. The van der Waals surface area contributed by atoms with Gasteiger partial charge in [0.05, 0.1) is 28.8 Å². The molecule has 1 aliphatic heterocycles. The fraction of sp³-hybridized carbons (Fsp3) is 0.316. The molecule has 26 heavy (non-hydrogen) atoms. The van der Waals surface area contributed by atoms with Crippen molar-refractivity contribution in [2.45, 2.75) is 0 Å². The molecule has 1 fully saturated rings. The summed E-state index contributed by atoms with van der Waals surface area (Å²) in [6.07, 6.45) is 3.87. The number of aromatic nitrogens is 2. The molecule has 1 aliphatic rings. The molecule has 0 amide bonds. The van der Waals surface area contributed by atoms with Gasteiger partial charge in [-0.05, 0) is 29.3 Å². The minimum atomic E-state index is 0.484. The minimum absolute atomic E-state index is 0.484. The third-order valence-electron chi connectivity index (χ3n) is 4.62. The molecule has 5 nitrogen and oxygen atoms in total. The first-order chi connectivity index (χ1) is 12.7. The number of nitrogens with one attached hydrogen (secondary N) is 2. The highest BCUT2D eigenvalue weighted by atomic mass is 35.5. The van der Waals surface area contributed by atoms with E-state index in [1.807, 2.05) is 30.6 Å². The number of morpholine rings is 1. The monoisotopic (exact) mass is 390 g/mol. The summed E-state index contributed by atoms with van der Waals surface area (Å²) in [5, 5.41) is 5.41. The van der Waals surface area contributed by atoms with Crippen LogP contribution in [0.2, 0.25) is 10.0 Å². The number of hydrogen-bond donors (Lipinski definition) is 2. The van der Waals surface area contributed by atoms with Crippen LogP contribution >= 0.6 is 23.2 Å². The third kappa shape index (κ3) is 3.67. The van der Waals surface area contributed by atoms with Crippen LogP contribution in [0.4, 0.5) is 5.82 Å². The molecular formula is C19H20Cl2N4O. The molecule has 0 aliphatic carbocycles. The molecule has 3 heterocycles. The smallest absolute Gasteiger partial charge is 0.127 e. The summed E-state index contributed by atoms with van der Waals surface area (Å²) < 4.78 is 5.39. The Morgan fingerprint density at radius 1 is 1.19 bits per heavy atom. The maximum atomic E-state index is 6.43. The number of pyridine rings is 1. The molecule has 4 rings (SSSR count). The fourth-order valence-electron chi connectivity index (χ4n) is 3.22. The molecule has 0 atom stereocenters. The van der Waals surface area contributed by atoms with Crippen LogP contribution in [0.25, 0.3) is 22.0 Å². The van der Waals surface area contributed by atoms with Crippen LogP contribution in [0.5, 0.6) is 0 Å². The van der Waals surface area contributed by atoms with Crippen LogP contribution in [0.1, 0.15) is 0 Å². The van der Waals surface area contributed by atoms with E-state index in [9.17, 15) is 0 Å². The predicted molar refractivity (Wildman–Crippen MR) is 107 cm³/mol. The van der Waals surface area contributed by atoms with Crippen molar-refractivity contribution in [3.05, 3.63) is 46.7 Å². The van der Waals surface area contributed by atoms with Crippen molar-refractivity contribution >= 4 is 39.9 Å². The van der Waals surface area contributed by atoms with Gasteiger partial charge in [-0.2, -0.15) is 0 Å². The lowest BCUT2D eigenvalue weighted by molar-refractivity contribution is 0.0398. The predicted octanol–water partition coefficient (Wildman–Crippen LogP) is 4.28. The molecule has 136 valence electrons. The second-order valence-corrected chi connectivity index (χ2v) is 7.08. The van der Waals surface area contributed by atoms with Crippen molar-refractivity contribution in [3.63, 3.8) is 0 Å². The highest BCUT2D eigenvalue weighted by molar-refractivity contribution is 6.45. The number of fused-ring (bicyclic) bond motifs is 1. The Labute approximate surface area is 162 Å². The number of halogens is 2. The van der Waals surface area contributed by atoms with Gasteiger partial charge in [0, 0.05) is 44.0 Å². The van der Waals surface area contributed by atoms with Crippen LogP contribution in [0, 0.1) is 0 Å². The summed E-state index contributed by atoms with van der Waals surface area (Å²) in [6, 6.07) is 7.88. The SMILES string of the molecule is Clc1ccc2c(-c3cc[nH]c3)cc(NCCN3CCOCC3)nc2c1Cl. The van der Waals surface area contributed by atoms with Crippen LogP contribution in [0.15, 0.2) is 36.7 Å². The Morgan fingerprint density at radius 2 is 2.04 bits per heavy atom. The zero-order chi connectivity index (χ0) is 17.9. The van der Waals surface area contributed by atoms with E-state index in [-0.39, 0.29) is 0 Å². The normalized spacial score (nSPS) is 15.5. The van der Waals surface area contributed by atoms with E-state index in [1.54, 1.807) is 0 Å². The number of benzene rings is 1. The topological polar surface area (TPSA) is 53.2 Å². The number of hydrogen-bond acceptors (Lipinski definition) is 4. The van der Waals surface area contributed by atoms with Gasteiger partial charge < -0.3 is 15.0 Å². The number of aromatic amines is 1. The first-order valence-corrected chi connectivity index (χ1v) is 9.44. The lowest BCUT2D eigenvalue weighted by Crippen LogP contribution is -2.39. The first kappa shape index (κ1) is 17.6. The van der Waals surface area contributed by atoms with Gasteiger partial charge in [-0.15, -0.1) is 0 Å². The maximum Gasteiger partial charge on any atom is 0.127 e. The summed E-state index contributed by atoms with van der Waals surface area (Å²) in [6.45, 7) is 5.32. The summed E-state index contributed by atoms with van der Waals surface area (Å²) in [5.74, 6) is 0.797. The van der Waals surface area contributed by atoms with Crippen LogP contribution < -0.4 is 5.32 Å². The largest absolute Gasteiger partial charge is 0.379 e. The molecule has 0 radical (unpaired) electrons. The van der Waals surface area contributed by atoms with E-state index in [2.05, 4.69) is 21.3 Å². The number of H-pyrrole nitrogens is 1. The Balaban J connectivity index is 1.63. The molecule has 1 aromatic carbocycles. The summed E-state index contributed by atoms with van der Waals surface area (Å²) in [5.41, 5.74) is 2.88. The van der Waals surface area contributed by atoms with Gasteiger partial charge in [-0.3, -0.25) is 4.90 Å². The van der Waals surface area contributed by atoms with Gasteiger partial charge >= 0.3 is 0 Å². The molecule has 3 aromatic rings. The molecule has 0 saturated carbocycles. The van der Waals surface area contributed by atoms with Gasteiger partial charge in [-0.1, -0.05) is 29.3 Å². The maximum absolute atomic E-state index is 6.43. The van der Waals surface area contributed by atoms with E-state index in [4.69, 9.17) is 32.9 Å². The van der Waals surface area contributed by atoms with Gasteiger partial charge in [-0.25, -0.2) is 4.98 Å². The van der Waals surface area contributed by atoms with Gasteiger partial charge in [0.2, 0.25) is 0 Å². The number of nitrogens with zero attached hydrogens (tertiary/aromatic N) is 2. The second-order valence-electron chi connectivity index (χ2n) is 6.29. The van der Waals surface area contributed by atoms with Crippen LogP contribution in [-0.2, 0) is 4.74 Å². The quantitative estimate of drug-likeness (QED) is 0.682. The highest BCUT2D eigenvalue weighted by Gasteiger charge is 2.14. The standard InChI is InChI=1S/C19H20Cl2N4O/c20-16-2-1-14-15(13-3-4-22-12-13)11-17(24-19(14)18(16)21)23-5-6-25-7-9-26-10-8-25/h1-4,11-12,22H,5-10H2,(H,23,24). The van der Waals surface area contributed by atoms with Gasteiger partial charge in [0.25, 0.3) is 0 Å².